The summed E-state index contributed by atoms with van der Waals surface area (Å²) in [5.41, 5.74) is 0.124. The van der Waals surface area contributed by atoms with Crippen LogP contribution in [0.4, 0.5) is 0 Å². The van der Waals surface area contributed by atoms with Gasteiger partial charge in [0.1, 0.15) is 6.07 Å². The van der Waals surface area contributed by atoms with Crippen LogP contribution in [0, 0.1) is 11.3 Å². The molecule has 0 aliphatic carbocycles. The van der Waals surface area contributed by atoms with Crippen LogP contribution in [0.3, 0.4) is 0 Å². The molecule has 0 atom stereocenters. The number of aromatic nitrogens is 2. The smallest absolute Gasteiger partial charge is 0.285 e. The molecule has 7 heteroatoms. The zero-order valence-electron chi connectivity index (χ0n) is 9.12. The number of imidazole rings is 1. The van der Waals surface area contributed by atoms with Gasteiger partial charge in [0.2, 0.25) is 0 Å². The molecule has 0 fully saturated rings. The minimum absolute atomic E-state index is 0.0448. The van der Waals surface area contributed by atoms with Gasteiger partial charge in [-0.25, -0.2) is 9.36 Å². The Balaban J connectivity index is 2.77. The Hall–Kier alpha value is -1.41. The van der Waals surface area contributed by atoms with E-state index in [-0.39, 0.29) is 10.8 Å². The minimum atomic E-state index is -0.421. The molecule has 0 radical (unpaired) electrons. The van der Waals surface area contributed by atoms with Gasteiger partial charge >= 0.3 is 5.69 Å². The third-order valence-corrected chi connectivity index (χ3v) is 3.56. The summed E-state index contributed by atoms with van der Waals surface area (Å²) < 4.78 is 2.37. The Morgan fingerprint density at radius 1 is 1.22 bits per heavy atom. The van der Waals surface area contributed by atoms with Gasteiger partial charge in [0.25, 0.3) is 0 Å². The predicted octanol–water partition coefficient (Wildman–Crippen LogP) is 3.01. The van der Waals surface area contributed by atoms with Crippen LogP contribution in [0.15, 0.2) is 23.0 Å². The van der Waals surface area contributed by atoms with Crippen molar-refractivity contribution in [2.24, 2.45) is 7.05 Å². The van der Waals surface area contributed by atoms with Crippen molar-refractivity contribution in [3.63, 3.8) is 0 Å². The molecule has 0 aliphatic rings. The van der Waals surface area contributed by atoms with E-state index >= 15 is 0 Å². The maximum absolute atomic E-state index is 12.0. The zero-order chi connectivity index (χ0) is 13.4. The second-order valence-corrected chi connectivity index (χ2v) is 4.70. The highest BCUT2D eigenvalue weighted by molar-refractivity contribution is 6.42. The van der Waals surface area contributed by atoms with Crippen molar-refractivity contribution in [2.75, 3.05) is 0 Å². The van der Waals surface area contributed by atoms with Crippen molar-refractivity contribution < 1.29 is 0 Å². The average Bonchev–Trinajstić information content (AvgIpc) is 2.54. The van der Waals surface area contributed by atoms with Crippen molar-refractivity contribution >= 4 is 34.8 Å². The van der Waals surface area contributed by atoms with E-state index in [4.69, 9.17) is 40.1 Å². The molecule has 92 valence electrons. The average molecular weight is 303 g/mol. The number of nitriles is 1. The Labute approximate surface area is 118 Å². The lowest BCUT2D eigenvalue weighted by Crippen LogP contribution is -2.21. The number of hydrogen-bond donors (Lipinski definition) is 0. The summed E-state index contributed by atoms with van der Waals surface area (Å²) >= 11 is 17.7. The van der Waals surface area contributed by atoms with E-state index in [1.54, 1.807) is 12.1 Å². The quantitative estimate of drug-likeness (QED) is 0.813. The first-order chi connectivity index (χ1) is 8.47. The van der Waals surface area contributed by atoms with Gasteiger partial charge in [-0.05, 0) is 18.2 Å². The molecule has 0 saturated heterocycles. The molecule has 1 aromatic carbocycles. The molecule has 0 unspecified atom stereocenters. The van der Waals surface area contributed by atoms with Crippen molar-refractivity contribution in [3.05, 3.63) is 49.6 Å². The standard InChI is InChI=1S/C11H6Cl3N3O/c1-16-9(5-15)10(14)17(11(16)18)6-2-3-7(12)8(13)4-6/h2-4H,1H3. The largest absolute Gasteiger partial charge is 0.334 e. The number of halogens is 3. The van der Waals surface area contributed by atoms with E-state index in [0.29, 0.717) is 15.7 Å². The summed E-state index contributed by atoms with van der Waals surface area (Å²) in [4.78, 5) is 12.0. The van der Waals surface area contributed by atoms with E-state index in [9.17, 15) is 4.79 Å². The molecule has 2 rings (SSSR count). The number of rotatable bonds is 1. The van der Waals surface area contributed by atoms with Gasteiger partial charge in [-0.15, -0.1) is 0 Å². The second kappa shape index (κ2) is 4.69. The lowest BCUT2D eigenvalue weighted by Gasteiger charge is -2.04. The van der Waals surface area contributed by atoms with E-state index in [2.05, 4.69) is 0 Å². The Bertz CT molecular complexity index is 724. The highest BCUT2D eigenvalue weighted by atomic mass is 35.5. The van der Waals surface area contributed by atoms with Gasteiger partial charge in [-0.1, -0.05) is 34.8 Å². The van der Waals surface area contributed by atoms with E-state index < -0.39 is 5.69 Å². The van der Waals surface area contributed by atoms with Crippen LogP contribution in [0.1, 0.15) is 5.69 Å². The zero-order valence-corrected chi connectivity index (χ0v) is 11.4. The Morgan fingerprint density at radius 2 is 1.89 bits per heavy atom. The van der Waals surface area contributed by atoms with Gasteiger partial charge in [-0.2, -0.15) is 5.26 Å². The van der Waals surface area contributed by atoms with Gasteiger partial charge in [-0.3, -0.25) is 4.57 Å². The molecule has 0 aliphatic heterocycles. The Morgan fingerprint density at radius 3 is 2.39 bits per heavy atom. The van der Waals surface area contributed by atoms with E-state index in [1.165, 1.54) is 22.2 Å². The van der Waals surface area contributed by atoms with Crippen molar-refractivity contribution in [3.8, 4) is 11.8 Å². The molecule has 2 aromatic rings. The van der Waals surface area contributed by atoms with Gasteiger partial charge < -0.3 is 0 Å². The fourth-order valence-corrected chi connectivity index (χ4v) is 2.17. The number of hydrogen-bond acceptors (Lipinski definition) is 2. The molecule has 0 saturated carbocycles. The van der Waals surface area contributed by atoms with Gasteiger partial charge in [0, 0.05) is 7.05 Å². The molecule has 1 heterocycles. The highest BCUT2D eigenvalue weighted by Crippen LogP contribution is 2.26. The number of nitrogens with zero attached hydrogens (tertiary/aromatic N) is 3. The third kappa shape index (κ3) is 1.91. The molecule has 0 spiro atoms. The highest BCUT2D eigenvalue weighted by Gasteiger charge is 2.17. The monoisotopic (exact) mass is 301 g/mol. The Kier molecular flexibility index (Phi) is 3.40. The molecule has 0 N–H and O–H groups in total. The second-order valence-electron chi connectivity index (χ2n) is 3.53. The maximum atomic E-state index is 12.0. The maximum Gasteiger partial charge on any atom is 0.334 e. The van der Waals surface area contributed by atoms with Crippen LogP contribution in [-0.2, 0) is 7.05 Å². The van der Waals surface area contributed by atoms with Crippen LogP contribution in [0.2, 0.25) is 15.2 Å². The van der Waals surface area contributed by atoms with Crippen LogP contribution in [-0.4, -0.2) is 9.13 Å². The van der Waals surface area contributed by atoms with E-state index in [1.807, 2.05) is 6.07 Å². The summed E-state index contributed by atoms with van der Waals surface area (Å²) in [5, 5.41) is 9.65. The summed E-state index contributed by atoms with van der Waals surface area (Å²) in [6.45, 7) is 0. The van der Waals surface area contributed by atoms with Crippen molar-refractivity contribution in [1.29, 1.82) is 5.26 Å². The van der Waals surface area contributed by atoms with Crippen molar-refractivity contribution in [1.82, 2.24) is 9.13 Å². The molecule has 0 amide bonds. The molecule has 18 heavy (non-hydrogen) atoms. The summed E-state index contributed by atoms with van der Waals surface area (Å²) in [6.07, 6.45) is 0. The van der Waals surface area contributed by atoms with Crippen LogP contribution >= 0.6 is 34.8 Å². The van der Waals surface area contributed by atoms with Gasteiger partial charge in [0.05, 0.1) is 15.7 Å². The molecule has 4 nitrogen and oxygen atoms in total. The first-order valence-electron chi connectivity index (χ1n) is 4.80. The first-order valence-corrected chi connectivity index (χ1v) is 5.93. The first kappa shape index (κ1) is 13.0. The van der Waals surface area contributed by atoms with Crippen LogP contribution in [0.5, 0.6) is 0 Å². The topological polar surface area (TPSA) is 50.7 Å². The van der Waals surface area contributed by atoms with E-state index in [0.717, 1.165) is 0 Å². The fourth-order valence-electron chi connectivity index (χ4n) is 1.54. The lowest BCUT2D eigenvalue weighted by atomic mass is 10.3. The van der Waals surface area contributed by atoms with Crippen LogP contribution < -0.4 is 5.69 Å². The third-order valence-electron chi connectivity index (χ3n) is 2.47. The molecule has 0 bridgehead atoms. The normalized spacial score (nSPS) is 10.4. The molecule has 1 aromatic heterocycles. The summed E-state index contributed by atoms with van der Waals surface area (Å²) in [5.74, 6) is 0. The predicted molar refractivity (Wildman–Crippen MR) is 70.8 cm³/mol. The van der Waals surface area contributed by atoms with Crippen LogP contribution in [0.25, 0.3) is 5.69 Å². The molecular weight excluding hydrogens is 297 g/mol. The fraction of sp³-hybridized carbons (Fsp3) is 0.0909. The molecular formula is C11H6Cl3N3O. The van der Waals surface area contributed by atoms with Gasteiger partial charge in [0.15, 0.2) is 10.8 Å². The van der Waals surface area contributed by atoms with Crippen molar-refractivity contribution in [2.45, 2.75) is 0 Å². The lowest BCUT2D eigenvalue weighted by molar-refractivity contribution is 0.816. The SMILES string of the molecule is Cn1c(C#N)c(Cl)n(-c2ccc(Cl)c(Cl)c2)c1=O. The summed E-state index contributed by atoms with van der Waals surface area (Å²) in [6, 6.07) is 6.54. The summed E-state index contributed by atoms with van der Waals surface area (Å²) in [7, 11) is 1.47. The number of benzene rings is 1. The minimum Gasteiger partial charge on any atom is -0.285 e.